The molecule has 5 heteroatoms. The minimum absolute atomic E-state index is 0.791. The van der Waals surface area contributed by atoms with Crippen LogP contribution >= 0.6 is 0 Å². The highest BCUT2D eigenvalue weighted by atomic mass is 15.3. The normalized spacial score (nSPS) is 11.3. The molecule has 0 aliphatic heterocycles. The topological polar surface area (TPSA) is 46.8 Å². The molecule has 0 fully saturated rings. The first-order chi connectivity index (χ1) is 11.5. The summed E-state index contributed by atoms with van der Waals surface area (Å²) in [6.45, 7) is 4.05. The number of aryl methyl sites for hydroxylation is 2. The maximum atomic E-state index is 4.85. The summed E-state index contributed by atoms with van der Waals surface area (Å²) >= 11 is 0. The molecule has 0 saturated carbocycles. The highest BCUT2D eigenvalue weighted by Crippen LogP contribution is 2.24. The van der Waals surface area contributed by atoms with E-state index in [1.165, 1.54) is 5.56 Å². The van der Waals surface area contributed by atoms with Crippen LogP contribution in [0, 0.1) is 13.8 Å². The van der Waals surface area contributed by atoms with Crippen LogP contribution in [-0.2, 0) is 0 Å². The van der Waals surface area contributed by atoms with Gasteiger partial charge in [0.15, 0.2) is 5.65 Å². The van der Waals surface area contributed by atoms with E-state index in [2.05, 4.69) is 53.3 Å². The smallest absolute Gasteiger partial charge is 0.182 e. The van der Waals surface area contributed by atoms with Crippen LogP contribution in [-0.4, -0.2) is 33.8 Å². The zero-order chi connectivity index (χ0) is 16.8. The third-order valence-corrected chi connectivity index (χ3v) is 4.22. The molecule has 0 N–H and O–H groups in total. The molecule has 0 spiro atoms. The number of anilines is 1. The van der Waals surface area contributed by atoms with E-state index >= 15 is 0 Å². The summed E-state index contributed by atoms with van der Waals surface area (Å²) in [6, 6.07) is 14.4. The lowest BCUT2D eigenvalue weighted by atomic mass is 10.2. The van der Waals surface area contributed by atoms with Crippen molar-refractivity contribution < 1.29 is 0 Å². The van der Waals surface area contributed by atoms with Gasteiger partial charge in [-0.25, -0.2) is 14.6 Å². The molecule has 0 aliphatic carbocycles. The van der Waals surface area contributed by atoms with Gasteiger partial charge >= 0.3 is 0 Å². The van der Waals surface area contributed by atoms with Crippen molar-refractivity contribution in [1.29, 1.82) is 0 Å². The molecule has 2 aromatic heterocycles. The van der Waals surface area contributed by atoms with Gasteiger partial charge in [0.25, 0.3) is 0 Å². The third-order valence-electron chi connectivity index (χ3n) is 4.22. The monoisotopic (exact) mass is 317 g/mol. The maximum Gasteiger partial charge on any atom is 0.182 e. The number of aromatic nitrogens is 4. The second-order valence-electron chi connectivity index (χ2n) is 6.30. The Labute approximate surface area is 140 Å². The van der Waals surface area contributed by atoms with Crippen molar-refractivity contribution in [1.82, 2.24) is 19.7 Å². The minimum Gasteiger partial charge on any atom is -0.378 e. The summed E-state index contributed by atoms with van der Waals surface area (Å²) < 4.78 is 1.87. The van der Waals surface area contributed by atoms with E-state index in [0.29, 0.717) is 0 Å². The number of fused-ring (bicyclic) bond motifs is 2. The van der Waals surface area contributed by atoms with Crippen molar-refractivity contribution in [3.63, 3.8) is 0 Å². The quantitative estimate of drug-likeness (QED) is 0.566. The molecule has 0 atom stereocenters. The Kier molecular flexibility index (Phi) is 3.23. The Balaban J connectivity index is 1.99. The summed E-state index contributed by atoms with van der Waals surface area (Å²) in [4.78, 5) is 11.7. The molecular weight excluding hydrogens is 298 g/mol. The molecule has 4 rings (SSSR count). The second kappa shape index (κ2) is 5.30. The van der Waals surface area contributed by atoms with Gasteiger partial charge in [-0.3, -0.25) is 0 Å². The van der Waals surface area contributed by atoms with E-state index in [9.17, 15) is 0 Å². The Morgan fingerprint density at radius 2 is 1.62 bits per heavy atom. The van der Waals surface area contributed by atoms with Crippen molar-refractivity contribution in [3.05, 3.63) is 53.7 Å². The van der Waals surface area contributed by atoms with Crippen molar-refractivity contribution >= 4 is 27.9 Å². The number of benzene rings is 2. The van der Waals surface area contributed by atoms with Gasteiger partial charge in [-0.15, -0.1) is 0 Å². The molecule has 0 radical (unpaired) electrons. The molecule has 0 aliphatic rings. The SMILES string of the molecule is Cc1ccc(-n2nc(C)c3nc4ccc(N(C)C)cc4nc32)cc1. The fraction of sp³-hybridized carbons (Fsp3) is 0.211. The first kappa shape index (κ1) is 14.6. The van der Waals surface area contributed by atoms with Gasteiger partial charge in [-0.1, -0.05) is 17.7 Å². The van der Waals surface area contributed by atoms with Crippen molar-refractivity contribution in [2.45, 2.75) is 13.8 Å². The molecule has 0 saturated heterocycles. The number of hydrogen-bond donors (Lipinski definition) is 0. The lowest BCUT2D eigenvalue weighted by molar-refractivity contribution is 0.879. The van der Waals surface area contributed by atoms with Gasteiger partial charge < -0.3 is 4.90 Å². The van der Waals surface area contributed by atoms with Crippen LogP contribution in [0.15, 0.2) is 42.5 Å². The molecule has 5 nitrogen and oxygen atoms in total. The molecule has 2 aromatic carbocycles. The van der Waals surface area contributed by atoms with Gasteiger partial charge in [0.05, 0.1) is 22.4 Å². The fourth-order valence-electron chi connectivity index (χ4n) is 2.81. The Morgan fingerprint density at radius 3 is 2.33 bits per heavy atom. The van der Waals surface area contributed by atoms with E-state index in [0.717, 1.165) is 39.3 Å². The summed E-state index contributed by atoms with van der Waals surface area (Å²) in [7, 11) is 4.04. The summed E-state index contributed by atoms with van der Waals surface area (Å²) in [5, 5.41) is 4.65. The largest absolute Gasteiger partial charge is 0.378 e. The van der Waals surface area contributed by atoms with E-state index in [1.54, 1.807) is 0 Å². The van der Waals surface area contributed by atoms with Crippen molar-refractivity contribution in [3.8, 4) is 5.69 Å². The minimum atomic E-state index is 0.791. The van der Waals surface area contributed by atoms with E-state index in [1.807, 2.05) is 31.8 Å². The molecular formula is C19H19N5. The molecule has 0 amide bonds. The maximum absolute atomic E-state index is 4.85. The van der Waals surface area contributed by atoms with Crippen LogP contribution in [0.1, 0.15) is 11.3 Å². The van der Waals surface area contributed by atoms with Crippen LogP contribution in [0.2, 0.25) is 0 Å². The predicted molar refractivity (Wildman–Crippen MR) is 98.0 cm³/mol. The standard InChI is InChI=1S/C19H19N5/c1-12-5-7-14(8-6-12)24-19-18(13(2)22-24)20-16-10-9-15(23(3)4)11-17(16)21-19/h5-11H,1-4H3. The summed E-state index contributed by atoms with van der Waals surface area (Å²) in [5.74, 6) is 0. The van der Waals surface area contributed by atoms with Gasteiger partial charge in [0, 0.05) is 19.8 Å². The van der Waals surface area contributed by atoms with Crippen LogP contribution in [0.3, 0.4) is 0 Å². The zero-order valence-electron chi connectivity index (χ0n) is 14.3. The Hall–Kier alpha value is -2.95. The highest BCUT2D eigenvalue weighted by molar-refractivity contribution is 5.88. The van der Waals surface area contributed by atoms with E-state index in [-0.39, 0.29) is 0 Å². The Bertz CT molecular complexity index is 1040. The summed E-state index contributed by atoms with van der Waals surface area (Å²) in [5.41, 5.74) is 7.61. The van der Waals surface area contributed by atoms with Gasteiger partial charge in [0.2, 0.25) is 0 Å². The molecule has 0 bridgehead atoms. The number of hydrogen-bond acceptors (Lipinski definition) is 4. The average molecular weight is 317 g/mol. The van der Waals surface area contributed by atoms with Gasteiger partial charge in [-0.05, 0) is 44.2 Å². The third kappa shape index (κ3) is 2.29. The van der Waals surface area contributed by atoms with Crippen molar-refractivity contribution in [2.24, 2.45) is 0 Å². The predicted octanol–water partition coefficient (Wildman–Crippen LogP) is 3.65. The van der Waals surface area contributed by atoms with Crippen LogP contribution in [0.5, 0.6) is 0 Å². The Morgan fingerprint density at radius 1 is 0.875 bits per heavy atom. The first-order valence-electron chi connectivity index (χ1n) is 7.94. The van der Waals surface area contributed by atoms with Gasteiger partial charge in [-0.2, -0.15) is 5.10 Å². The molecule has 2 heterocycles. The molecule has 120 valence electrons. The van der Waals surface area contributed by atoms with E-state index < -0.39 is 0 Å². The zero-order valence-corrected chi connectivity index (χ0v) is 14.3. The molecule has 0 unspecified atom stereocenters. The average Bonchev–Trinajstić information content (AvgIpc) is 2.89. The molecule has 4 aromatic rings. The first-order valence-corrected chi connectivity index (χ1v) is 7.94. The number of rotatable bonds is 2. The lowest BCUT2D eigenvalue weighted by Crippen LogP contribution is -2.08. The fourth-order valence-corrected chi connectivity index (χ4v) is 2.81. The van der Waals surface area contributed by atoms with E-state index in [4.69, 9.17) is 9.97 Å². The summed E-state index contributed by atoms with van der Waals surface area (Å²) in [6.07, 6.45) is 0. The highest BCUT2D eigenvalue weighted by Gasteiger charge is 2.13. The lowest BCUT2D eigenvalue weighted by Gasteiger charge is -2.12. The second-order valence-corrected chi connectivity index (χ2v) is 6.30. The van der Waals surface area contributed by atoms with Crippen LogP contribution < -0.4 is 4.90 Å². The molecule has 24 heavy (non-hydrogen) atoms. The van der Waals surface area contributed by atoms with Crippen LogP contribution in [0.25, 0.3) is 27.9 Å². The van der Waals surface area contributed by atoms with Crippen molar-refractivity contribution in [2.75, 3.05) is 19.0 Å². The number of nitrogens with zero attached hydrogens (tertiary/aromatic N) is 5. The van der Waals surface area contributed by atoms with Gasteiger partial charge in [0.1, 0.15) is 5.52 Å². The van der Waals surface area contributed by atoms with Crippen LogP contribution in [0.4, 0.5) is 5.69 Å².